The molecule has 9 heteroatoms. The number of carbonyl (C=O) groups is 1. The number of alkyl halides is 3. The first-order valence-corrected chi connectivity index (χ1v) is 10.2. The number of hydrogen-bond acceptors (Lipinski definition) is 5. The maximum absolute atomic E-state index is 13.3. The molecule has 0 radical (unpaired) electrons. The molecule has 3 aliphatic rings. The topological polar surface area (TPSA) is 68.9 Å². The van der Waals surface area contributed by atoms with E-state index in [0.29, 0.717) is 37.3 Å². The standard InChI is InChI=1S/C21H23F3N4O2/c1-13-18(20(29)27-9-7-14(12-25)8-10-27)19(15-5-6-15)28(26-13)16-3-2-4-17(11-16)30-21(22,23)24/h2-4,11,14-15,18-19H,5-10H2,1H3. The van der Waals surface area contributed by atoms with Gasteiger partial charge in [-0.3, -0.25) is 9.80 Å². The monoisotopic (exact) mass is 420 g/mol. The fourth-order valence-corrected chi connectivity index (χ4v) is 4.40. The molecule has 2 aliphatic heterocycles. The molecule has 30 heavy (non-hydrogen) atoms. The summed E-state index contributed by atoms with van der Waals surface area (Å²) in [6.07, 6.45) is -1.52. The van der Waals surface area contributed by atoms with Gasteiger partial charge in [-0.05, 0) is 50.7 Å². The van der Waals surface area contributed by atoms with Gasteiger partial charge in [0.05, 0.1) is 23.5 Å². The average molecular weight is 420 g/mol. The Hall–Kier alpha value is -2.76. The number of benzene rings is 1. The van der Waals surface area contributed by atoms with Crippen molar-refractivity contribution in [3.05, 3.63) is 24.3 Å². The molecule has 1 aliphatic carbocycles. The predicted octanol–water partition coefficient (Wildman–Crippen LogP) is 3.94. The number of likely N-dealkylation sites (tertiary alicyclic amines) is 1. The molecule has 2 heterocycles. The summed E-state index contributed by atoms with van der Waals surface area (Å²) in [5, 5.41) is 15.4. The minimum absolute atomic E-state index is 0.00487. The van der Waals surface area contributed by atoms with E-state index in [2.05, 4.69) is 15.9 Å². The van der Waals surface area contributed by atoms with Crippen molar-refractivity contribution in [1.82, 2.24) is 4.90 Å². The number of nitriles is 1. The van der Waals surface area contributed by atoms with E-state index in [4.69, 9.17) is 5.26 Å². The van der Waals surface area contributed by atoms with Crippen LogP contribution in [0.5, 0.6) is 5.75 Å². The van der Waals surface area contributed by atoms with Crippen molar-refractivity contribution in [2.75, 3.05) is 18.1 Å². The zero-order valence-corrected chi connectivity index (χ0v) is 16.6. The second-order valence-corrected chi connectivity index (χ2v) is 8.17. The van der Waals surface area contributed by atoms with Crippen molar-refractivity contribution in [1.29, 1.82) is 5.26 Å². The summed E-state index contributed by atoms with van der Waals surface area (Å²) in [5.74, 6) is -0.489. The summed E-state index contributed by atoms with van der Waals surface area (Å²) < 4.78 is 41.9. The lowest BCUT2D eigenvalue weighted by atomic mass is 9.89. The minimum atomic E-state index is -4.77. The summed E-state index contributed by atoms with van der Waals surface area (Å²) >= 11 is 0. The summed E-state index contributed by atoms with van der Waals surface area (Å²) in [7, 11) is 0. The molecule has 2 fully saturated rings. The highest BCUT2D eigenvalue weighted by molar-refractivity contribution is 6.06. The van der Waals surface area contributed by atoms with E-state index in [1.807, 2.05) is 0 Å². The van der Waals surface area contributed by atoms with Gasteiger partial charge in [-0.2, -0.15) is 10.4 Å². The van der Waals surface area contributed by atoms with Gasteiger partial charge >= 0.3 is 6.36 Å². The Labute approximate surface area is 172 Å². The largest absolute Gasteiger partial charge is 0.573 e. The van der Waals surface area contributed by atoms with Crippen LogP contribution < -0.4 is 9.75 Å². The molecule has 0 aromatic heterocycles. The van der Waals surface area contributed by atoms with Crippen molar-refractivity contribution >= 4 is 17.3 Å². The van der Waals surface area contributed by atoms with E-state index >= 15 is 0 Å². The number of piperidine rings is 1. The predicted molar refractivity (Wildman–Crippen MR) is 104 cm³/mol. The molecule has 6 nitrogen and oxygen atoms in total. The van der Waals surface area contributed by atoms with Crippen molar-refractivity contribution in [3.63, 3.8) is 0 Å². The quantitative estimate of drug-likeness (QED) is 0.740. The first-order chi connectivity index (χ1) is 14.3. The van der Waals surface area contributed by atoms with Crippen molar-refractivity contribution in [2.24, 2.45) is 22.9 Å². The lowest BCUT2D eigenvalue weighted by Crippen LogP contribution is -2.48. The molecule has 160 valence electrons. The molecular weight excluding hydrogens is 397 g/mol. The lowest BCUT2D eigenvalue weighted by molar-refractivity contribution is -0.274. The van der Waals surface area contributed by atoms with E-state index in [9.17, 15) is 18.0 Å². The fourth-order valence-electron chi connectivity index (χ4n) is 4.40. The van der Waals surface area contributed by atoms with Crippen LogP contribution in [0, 0.1) is 29.1 Å². The van der Waals surface area contributed by atoms with Gasteiger partial charge in [0.1, 0.15) is 11.7 Å². The zero-order valence-electron chi connectivity index (χ0n) is 16.6. The molecule has 2 unspecified atom stereocenters. The van der Waals surface area contributed by atoms with Crippen molar-refractivity contribution in [3.8, 4) is 11.8 Å². The van der Waals surface area contributed by atoms with Gasteiger partial charge in [0.25, 0.3) is 0 Å². The van der Waals surface area contributed by atoms with Gasteiger partial charge in [-0.15, -0.1) is 13.2 Å². The van der Waals surface area contributed by atoms with E-state index in [1.165, 1.54) is 18.2 Å². The molecule has 2 atom stereocenters. The second kappa shape index (κ2) is 7.82. The Morgan fingerprint density at radius 2 is 1.93 bits per heavy atom. The Morgan fingerprint density at radius 3 is 2.53 bits per heavy atom. The molecule has 1 aromatic rings. The smallest absolute Gasteiger partial charge is 0.406 e. The summed E-state index contributed by atoms with van der Waals surface area (Å²) in [5.41, 5.74) is 1.15. The molecule has 1 saturated heterocycles. The molecule has 0 bridgehead atoms. The normalized spacial score (nSPS) is 25.1. The number of hydrazone groups is 1. The highest BCUT2D eigenvalue weighted by atomic mass is 19.4. The maximum Gasteiger partial charge on any atom is 0.573 e. The van der Waals surface area contributed by atoms with Crippen LogP contribution in [0.2, 0.25) is 0 Å². The Kier molecular flexibility index (Phi) is 5.35. The maximum atomic E-state index is 13.3. The van der Waals surface area contributed by atoms with Gasteiger partial charge in [0, 0.05) is 25.1 Å². The third-order valence-corrected chi connectivity index (χ3v) is 6.02. The van der Waals surface area contributed by atoms with E-state index in [1.54, 1.807) is 22.9 Å². The second-order valence-electron chi connectivity index (χ2n) is 8.17. The first kappa shape index (κ1) is 20.5. The summed E-state index contributed by atoms with van der Waals surface area (Å²) in [6, 6.07) is 7.78. The molecule has 1 aromatic carbocycles. The van der Waals surface area contributed by atoms with Crippen LogP contribution in [-0.4, -0.2) is 42.0 Å². The van der Waals surface area contributed by atoms with Crippen molar-refractivity contribution < 1.29 is 22.7 Å². The Bertz CT molecular complexity index is 883. The van der Waals surface area contributed by atoms with E-state index in [0.717, 1.165) is 12.8 Å². The number of hydrogen-bond donors (Lipinski definition) is 0. The number of rotatable bonds is 4. The summed E-state index contributed by atoms with van der Waals surface area (Å²) in [6.45, 7) is 2.90. The Morgan fingerprint density at radius 1 is 1.23 bits per heavy atom. The van der Waals surface area contributed by atoms with E-state index < -0.39 is 12.3 Å². The number of amides is 1. The van der Waals surface area contributed by atoms with Crippen molar-refractivity contribution in [2.45, 2.75) is 45.0 Å². The minimum Gasteiger partial charge on any atom is -0.406 e. The van der Waals surface area contributed by atoms with Crippen LogP contribution in [0.1, 0.15) is 32.6 Å². The van der Waals surface area contributed by atoms with Crippen LogP contribution in [-0.2, 0) is 4.79 Å². The number of carbonyl (C=O) groups excluding carboxylic acids is 1. The van der Waals surface area contributed by atoms with Crippen LogP contribution in [0.25, 0.3) is 0 Å². The van der Waals surface area contributed by atoms with Gasteiger partial charge in [0.15, 0.2) is 0 Å². The van der Waals surface area contributed by atoms with Gasteiger partial charge < -0.3 is 9.64 Å². The van der Waals surface area contributed by atoms with Crippen LogP contribution in [0.4, 0.5) is 18.9 Å². The molecular formula is C21H23F3N4O2. The van der Waals surface area contributed by atoms with Gasteiger partial charge in [0.2, 0.25) is 5.91 Å². The zero-order chi connectivity index (χ0) is 21.5. The average Bonchev–Trinajstić information content (AvgIpc) is 3.48. The SMILES string of the molecule is CC1=NN(c2cccc(OC(F)(F)F)c2)C(C2CC2)C1C(=O)N1CCC(C#N)CC1. The summed E-state index contributed by atoms with van der Waals surface area (Å²) in [4.78, 5) is 15.1. The van der Waals surface area contributed by atoms with Gasteiger partial charge in [-0.1, -0.05) is 6.07 Å². The van der Waals surface area contributed by atoms with Crippen LogP contribution in [0.3, 0.4) is 0 Å². The van der Waals surface area contributed by atoms with Crippen LogP contribution >= 0.6 is 0 Å². The Balaban J connectivity index is 1.56. The highest BCUT2D eigenvalue weighted by Crippen LogP contribution is 2.45. The fraction of sp³-hybridized carbons (Fsp3) is 0.571. The number of anilines is 1. The molecule has 4 rings (SSSR count). The molecule has 1 amide bonds. The molecule has 0 spiro atoms. The molecule has 0 N–H and O–H groups in total. The highest BCUT2D eigenvalue weighted by Gasteiger charge is 2.50. The lowest BCUT2D eigenvalue weighted by Gasteiger charge is -2.34. The third-order valence-electron chi connectivity index (χ3n) is 6.02. The first-order valence-electron chi connectivity index (χ1n) is 10.2. The number of ether oxygens (including phenoxy) is 1. The number of nitrogens with zero attached hydrogens (tertiary/aromatic N) is 4. The van der Waals surface area contributed by atoms with Gasteiger partial charge in [-0.25, -0.2) is 0 Å². The number of halogens is 3. The molecule has 1 saturated carbocycles. The van der Waals surface area contributed by atoms with Crippen LogP contribution in [0.15, 0.2) is 29.4 Å². The van der Waals surface area contributed by atoms with E-state index in [-0.39, 0.29) is 29.5 Å². The third kappa shape index (κ3) is 4.23.